The Morgan fingerprint density at radius 1 is 1.12 bits per heavy atom. The first kappa shape index (κ1) is 21.8. The molecule has 33 heavy (non-hydrogen) atoms. The number of nitrogens with two attached hydrogens (primary N) is 1. The highest BCUT2D eigenvalue weighted by Gasteiger charge is 2.34. The van der Waals surface area contributed by atoms with E-state index in [0.29, 0.717) is 36.3 Å². The summed E-state index contributed by atoms with van der Waals surface area (Å²) in [6.45, 7) is 1.10. The molecule has 0 aliphatic carbocycles. The standard InChI is InChI=1S/C19H20N8O4S2/c20-32(28,29)17-15(33(30,31)26-12-5-6-21-10-12)4-3-13(16(17)18-23-11-24-25-18)14-2-1-8-27-9-7-22-19(14)27/h1-4,7-9,12,21,26H,5-6,10-11H2,(H2,20,28,29)/t12-/m1/s1. The van der Waals surface area contributed by atoms with Crippen LogP contribution in [-0.4, -0.2) is 57.9 Å². The van der Waals surface area contributed by atoms with Gasteiger partial charge >= 0.3 is 0 Å². The van der Waals surface area contributed by atoms with Gasteiger partial charge in [-0.2, -0.15) is 5.11 Å². The Hall–Kier alpha value is -3.04. The number of primary sulfonamides is 1. The Balaban J connectivity index is 1.81. The summed E-state index contributed by atoms with van der Waals surface area (Å²) in [5.41, 5.74) is 1.45. The van der Waals surface area contributed by atoms with E-state index >= 15 is 0 Å². The molecule has 2 aliphatic heterocycles. The number of hydrogen-bond donors (Lipinski definition) is 3. The molecule has 0 saturated carbocycles. The molecule has 4 N–H and O–H groups in total. The number of nitrogens with zero attached hydrogens (tertiary/aromatic N) is 5. The maximum atomic E-state index is 13.3. The second-order valence-corrected chi connectivity index (χ2v) is 10.8. The number of pyridine rings is 1. The number of aliphatic imine (C=N–C) groups is 1. The Labute approximate surface area is 189 Å². The van der Waals surface area contributed by atoms with E-state index in [1.807, 2.05) is 0 Å². The number of azo groups is 1. The molecule has 12 nitrogen and oxygen atoms in total. The van der Waals surface area contributed by atoms with Crippen LogP contribution in [0, 0.1) is 0 Å². The summed E-state index contributed by atoms with van der Waals surface area (Å²) >= 11 is 0. The number of benzene rings is 1. The molecule has 0 radical (unpaired) electrons. The lowest BCUT2D eigenvalue weighted by atomic mass is 9.99. The molecule has 5 rings (SSSR count). The summed E-state index contributed by atoms with van der Waals surface area (Å²) in [7, 11) is -8.77. The summed E-state index contributed by atoms with van der Waals surface area (Å²) in [4.78, 5) is 7.48. The normalized spacial score (nSPS) is 18.8. The molecule has 4 heterocycles. The Kier molecular flexibility index (Phi) is 5.33. The third kappa shape index (κ3) is 3.95. The molecule has 1 aromatic carbocycles. The predicted molar refractivity (Wildman–Crippen MR) is 120 cm³/mol. The first-order valence-corrected chi connectivity index (χ1v) is 13.1. The van der Waals surface area contributed by atoms with E-state index in [1.165, 1.54) is 12.1 Å². The van der Waals surface area contributed by atoms with Crippen molar-refractivity contribution in [2.24, 2.45) is 20.4 Å². The highest BCUT2D eigenvalue weighted by atomic mass is 32.2. The van der Waals surface area contributed by atoms with Gasteiger partial charge in [-0.15, -0.1) is 5.11 Å². The van der Waals surface area contributed by atoms with Gasteiger partial charge in [0.15, 0.2) is 12.5 Å². The Morgan fingerprint density at radius 2 is 1.97 bits per heavy atom. The van der Waals surface area contributed by atoms with Gasteiger partial charge in [0, 0.05) is 36.7 Å². The van der Waals surface area contributed by atoms with Crippen LogP contribution in [0.5, 0.6) is 0 Å². The van der Waals surface area contributed by atoms with Crippen molar-refractivity contribution in [1.29, 1.82) is 0 Å². The number of amidine groups is 1. The molecule has 2 aliphatic rings. The van der Waals surface area contributed by atoms with Crippen LogP contribution in [-0.2, 0) is 20.0 Å². The predicted octanol–water partition coefficient (Wildman–Crippen LogP) is 0.459. The fourth-order valence-corrected chi connectivity index (χ4v) is 6.93. The number of imidazole rings is 1. The van der Waals surface area contributed by atoms with Gasteiger partial charge in [0.25, 0.3) is 0 Å². The van der Waals surface area contributed by atoms with E-state index in [9.17, 15) is 16.8 Å². The van der Waals surface area contributed by atoms with Crippen LogP contribution in [0.2, 0.25) is 0 Å². The summed E-state index contributed by atoms with van der Waals surface area (Å²) in [5, 5.41) is 16.4. The van der Waals surface area contributed by atoms with E-state index in [2.05, 4.69) is 30.2 Å². The fraction of sp³-hybridized carbons (Fsp3) is 0.263. The third-order valence-electron chi connectivity index (χ3n) is 5.46. The Morgan fingerprint density at radius 3 is 2.67 bits per heavy atom. The van der Waals surface area contributed by atoms with E-state index in [4.69, 9.17) is 5.14 Å². The number of fused-ring (bicyclic) bond motifs is 1. The molecule has 1 atom stereocenters. The third-order valence-corrected chi connectivity index (χ3v) is 8.14. The zero-order valence-electron chi connectivity index (χ0n) is 17.2. The van der Waals surface area contributed by atoms with Gasteiger partial charge < -0.3 is 9.72 Å². The molecular weight excluding hydrogens is 468 g/mol. The average molecular weight is 489 g/mol. The van der Waals surface area contributed by atoms with Gasteiger partial charge in [-0.25, -0.2) is 36.7 Å². The second-order valence-electron chi connectivity index (χ2n) is 7.62. The first-order chi connectivity index (χ1) is 15.8. The summed E-state index contributed by atoms with van der Waals surface area (Å²) < 4.78 is 56.5. The quantitative estimate of drug-likeness (QED) is 0.454. The molecule has 2 aromatic heterocycles. The van der Waals surface area contributed by atoms with Gasteiger partial charge in [-0.3, -0.25) is 0 Å². The van der Waals surface area contributed by atoms with Crippen LogP contribution in [0.3, 0.4) is 0 Å². The highest BCUT2D eigenvalue weighted by Crippen LogP contribution is 2.36. The minimum Gasteiger partial charge on any atom is -0.315 e. The maximum Gasteiger partial charge on any atom is 0.242 e. The first-order valence-electron chi connectivity index (χ1n) is 10.0. The molecule has 3 aromatic rings. The topological polar surface area (TPSA) is 173 Å². The van der Waals surface area contributed by atoms with Gasteiger partial charge in [0.2, 0.25) is 20.0 Å². The molecule has 0 unspecified atom stereocenters. The van der Waals surface area contributed by atoms with E-state index in [0.717, 1.165) is 0 Å². The average Bonchev–Trinajstić information content (AvgIpc) is 3.53. The number of rotatable bonds is 6. The summed E-state index contributed by atoms with van der Waals surface area (Å²) in [6.07, 6.45) is 5.71. The van der Waals surface area contributed by atoms with Gasteiger partial charge in [-0.05, 0) is 36.7 Å². The summed E-state index contributed by atoms with van der Waals surface area (Å²) in [5.74, 6) is -0.0119. The molecule has 14 heteroatoms. The lowest BCUT2D eigenvalue weighted by Crippen LogP contribution is -2.37. The number of hydrogen-bond acceptors (Lipinski definition) is 9. The van der Waals surface area contributed by atoms with Gasteiger partial charge in [-0.1, -0.05) is 6.07 Å². The van der Waals surface area contributed by atoms with E-state index in [1.54, 1.807) is 35.1 Å². The van der Waals surface area contributed by atoms with E-state index in [-0.39, 0.29) is 24.1 Å². The fourth-order valence-electron chi connectivity index (χ4n) is 4.06. The number of aromatic nitrogens is 2. The number of sulfonamides is 2. The van der Waals surface area contributed by atoms with Crippen molar-refractivity contribution in [1.82, 2.24) is 19.4 Å². The van der Waals surface area contributed by atoms with Crippen molar-refractivity contribution in [3.05, 3.63) is 48.4 Å². The second kappa shape index (κ2) is 8.07. The highest BCUT2D eigenvalue weighted by molar-refractivity contribution is 7.92. The van der Waals surface area contributed by atoms with Gasteiger partial charge in [0.05, 0.1) is 5.56 Å². The zero-order valence-corrected chi connectivity index (χ0v) is 18.8. The van der Waals surface area contributed by atoms with Crippen LogP contribution in [0.4, 0.5) is 0 Å². The van der Waals surface area contributed by atoms with Gasteiger partial charge in [0.1, 0.15) is 15.4 Å². The molecule has 1 saturated heterocycles. The Bertz CT molecular complexity index is 1520. The van der Waals surface area contributed by atoms with Crippen molar-refractivity contribution >= 4 is 31.5 Å². The lowest BCUT2D eigenvalue weighted by Gasteiger charge is -2.19. The monoisotopic (exact) mass is 488 g/mol. The van der Waals surface area contributed by atoms with Crippen LogP contribution in [0.1, 0.15) is 12.0 Å². The minimum atomic E-state index is -4.53. The molecule has 1 fully saturated rings. The maximum absolute atomic E-state index is 13.3. The van der Waals surface area contributed by atoms with Crippen LogP contribution in [0.25, 0.3) is 16.8 Å². The SMILES string of the molecule is NS(=O)(=O)c1c(S(=O)(=O)N[C@@H]2CCNC2)ccc(-c2cccn3ccnc23)c1C1=NCN=N1. The van der Waals surface area contributed by atoms with Crippen LogP contribution < -0.4 is 15.2 Å². The molecule has 0 amide bonds. The molecule has 0 spiro atoms. The van der Waals surface area contributed by atoms with Crippen molar-refractivity contribution in [3.8, 4) is 11.1 Å². The van der Waals surface area contributed by atoms with Crippen LogP contribution >= 0.6 is 0 Å². The summed E-state index contributed by atoms with van der Waals surface area (Å²) in [6, 6.07) is 5.90. The van der Waals surface area contributed by atoms with Crippen LogP contribution in [0.15, 0.2) is 67.9 Å². The smallest absolute Gasteiger partial charge is 0.242 e. The minimum absolute atomic E-state index is 0.00458. The molecule has 0 bridgehead atoms. The lowest BCUT2D eigenvalue weighted by molar-refractivity contribution is 0.555. The zero-order chi connectivity index (χ0) is 23.2. The van der Waals surface area contributed by atoms with Crippen molar-refractivity contribution in [2.45, 2.75) is 22.3 Å². The number of nitrogens with one attached hydrogen (secondary N) is 2. The molecular formula is C19H20N8O4S2. The van der Waals surface area contributed by atoms with Crippen molar-refractivity contribution in [2.75, 3.05) is 19.8 Å². The molecule has 172 valence electrons. The van der Waals surface area contributed by atoms with Crippen molar-refractivity contribution in [3.63, 3.8) is 0 Å². The largest absolute Gasteiger partial charge is 0.315 e. The van der Waals surface area contributed by atoms with Crippen molar-refractivity contribution < 1.29 is 16.8 Å². The van der Waals surface area contributed by atoms with E-state index < -0.39 is 29.8 Å².